The van der Waals surface area contributed by atoms with Crippen molar-refractivity contribution in [2.45, 2.75) is 12.8 Å². The zero-order chi connectivity index (χ0) is 21.5. The van der Waals surface area contributed by atoms with Crippen LogP contribution in [0.1, 0.15) is 12.6 Å². The third kappa shape index (κ3) is 3.86. The molecule has 2 aromatic carbocycles. The zero-order valence-electron chi connectivity index (χ0n) is 15.1. The van der Waals surface area contributed by atoms with E-state index in [4.69, 9.17) is 16.3 Å². The molecule has 0 aliphatic carbocycles. The first-order valence-corrected chi connectivity index (χ1v) is 8.55. The van der Waals surface area contributed by atoms with Gasteiger partial charge in [0.1, 0.15) is 11.6 Å². The summed E-state index contributed by atoms with van der Waals surface area (Å²) in [5.41, 5.74) is -3.69. The predicted molar refractivity (Wildman–Crippen MR) is 100.0 cm³/mol. The molecule has 0 saturated heterocycles. The van der Waals surface area contributed by atoms with Crippen LogP contribution in [0.25, 0.3) is 5.69 Å². The van der Waals surface area contributed by atoms with Crippen molar-refractivity contribution in [1.82, 2.24) is 9.13 Å². The van der Waals surface area contributed by atoms with Gasteiger partial charge < -0.3 is 9.84 Å². The number of hydrogen-bond acceptors (Lipinski definition) is 4. The SMILES string of the molecule is Cn1c(C(C)(F)F)cc(=O)n(-c2cc(Oc3ccccc3O)c(Cl)cc2F)c1=O. The van der Waals surface area contributed by atoms with Gasteiger partial charge in [0.15, 0.2) is 11.5 Å². The molecule has 0 amide bonds. The maximum Gasteiger partial charge on any atom is 0.335 e. The van der Waals surface area contributed by atoms with Crippen LogP contribution in [0.2, 0.25) is 5.02 Å². The van der Waals surface area contributed by atoms with Crippen LogP contribution in [0, 0.1) is 5.82 Å². The Hall–Kier alpha value is -3.20. The van der Waals surface area contributed by atoms with Crippen molar-refractivity contribution in [3.63, 3.8) is 0 Å². The second-order valence-corrected chi connectivity index (χ2v) is 6.64. The molecule has 0 radical (unpaired) electrons. The molecule has 0 saturated carbocycles. The Morgan fingerprint density at radius 3 is 2.38 bits per heavy atom. The molecule has 10 heteroatoms. The minimum absolute atomic E-state index is 0.00631. The summed E-state index contributed by atoms with van der Waals surface area (Å²) >= 11 is 5.97. The molecule has 0 unspecified atom stereocenters. The lowest BCUT2D eigenvalue weighted by Crippen LogP contribution is -2.41. The molecule has 0 fully saturated rings. The minimum Gasteiger partial charge on any atom is -0.504 e. The fourth-order valence-corrected chi connectivity index (χ4v) is 2.89. The van der Waals surface area contributed by atoms with Crippen molar-refractivity contribution in [2.24, 2.45) is 7.05 Å². The van der Waals surface area contributed by atoms with Crippen molar-refractivity contribution in [1.29, 1.82) is 0 Å². The Bertz CT molecular complexity index is 1220. The summed E-state index contributed by atoms with van der Waals surface area (Å²) in [4.78, 5) is 24.9. The van der Waals surface area contributed by atoms with Crippen molar-refractivity contribution >= 4 is 11.6 Å². The summed E-state index contributed by atoms with van der Waals surface area (Å²) in [6.45, 7) is 0.534. The summed E-state index contributed by atoms with van der Waals surface area (Å²) in [6, 6.07) is 8.21. The van der Waals surface area contributed by atoms with Crippen molar-refractivity contribution < 1.29 is 23.0 Å². The van der Waals surface area contributed by atoms with E-state index in [1.165, 1.54) is 12.1 Å². The van der Waals surface area contributed by atoms with E-state index in [0.717, 1.165) is 19.2 Å². The highest BCUT2D eigenvalue weighted by atomic mass is 35.5. The molecule has 3 aromatic rings. The summed E-state index contributed by atoms with van der Waals surface area (Å²) in [6.07, 6.45) is 0. The monoisotopic (exact) mass is 426 g/mol. The zero-order valence-corrected chi connectivity index (χ0v) is 15.9. The number of alkyl halides is 2. The Kier molecular flexibility index (Phi) is 5.18. The van der Waals surface area contributed by atoms with E-state index in [1.807, 2.05) is 0 Å². The third-order valence-corrected chi connectivity index (χ3v) is 4.39. The average molecular weight is 427 g/mol. The number of para-hydroxylation sites is 2. The Morgan fingerprint density at radius 1 is 1.10 bits per heavy atom. The molecular formula is C19H14ClF3N2O4. The van der Waals surface area contributed by atoms with E-state index >= 15 is 0 Å². The minimum atomic E-state index is -3.45. The number of nitrogens with zero attached hydrogens (tertiary/aromatic N) is 2. The molecule has 152 valence electrons. The lowest BCUT2D eigenvalue weighted by molar-refractivity contribution is 0.00825. The van der Waals surface area contributed by atoms with Gasteiger partial charge in [0.25, 0.3) is 11.5 Å². The van der Waals surface area contributed by atoms with Crippen LogP contribution in [0.3, 0.4) is 0 Å². The molecule has 1 N–H and O–H groups in total. The highest BCUT2D eigenvalue weighted by Gasteiger charge is 2.30. The number of rotatable bonds is 4. The number of ether oxygens (including phenoxy) is 1. The molecule has 1 aromatic heterocycles. The third-order valence-electron chi connectivity index (χ3n) is 4.10. The Labute approximate surface area is 167 Å². The number of benzene rings is 2. The van der Waals surface area contributed by atoms with Gasteiger partial charge in [-0.3, -0.25) is 9.36 Å². The molecule has 29 heavy (non-hydrogen) atoms. The number of aromatic hydroxyl groups is 1. The second-order valence-electron chi connectivity index (χ2n) is 6.24. The highest BCUT2D eigenvalue weighted by molar-refractivity contribution is 6.32. The topological polar surface area (TPSA) is 73.5 Å². The molecule has 3 rings (SSSR count). The van der Waals surface area contributed by atoms with Crippen LogP contribution in [-0.4, -0.2) is 14.2 Å². The van der Waals surface area contributed by atoms with Crippen molar-refractivity contribution in [3.8, 4) is 22.9 Å². The molecule has 0 bridgehead atoms. The molecule has 0 aliphatic heterocycles. The molecule has 0 aliphatic rings. The van der Waals surface area contributed by atoms with Crippen LogP contribution < -0.4 is 16.0 Å². The maximum atomic E-state index is 14.5. The Morgan fingerprint density at radius 2 is 1.76 bits per heavy atom. The lowest BCUT2D eigenvalue weighted by Gasteiger charge is -2.17. The fraction of sp³-hybridized carbons (Fsp3) is 0.158. The predicted octanol–water partition coefficient (Wildman–Crippen LogP) is 3.94. The largest absolute Gasteiger partial charge is 0.504 e. The Balaban J connectivity index is 2.20. The first kappa shape index (κ1) is 20.5. The summed E-state index contributed by atoms with van der Waals surface area (Å²) in [5.74, 6) is -4.90. The van der Waals surface area contributed by atoms with Crippen LogP contribution in [0.15, 0.2) is 52.1 Å². The van der Waals surface area contributed by atoms with E-state index in [0.29, 0.717) is 22.1 Å². The molecular weight excluding hydrogens is 413 g/mol. The van der Waals surface area contributed by atoms with Crippen LogP contribution >= 0.6 is 11.6 Å². The van der Waals surface area contributed by atoms with E-state index in [2.05, 4.69) is 0 Å². The number of hydrogen-bond donors (Lipinski definition) is 1. The molecule has 0 atom stereocenters. The first-order valence-electron chi connectivity index (χ1n) is 8.17. The van der Waals surface area contributed by atoms with Gasteiger partial charge in [0, 0.05) is 26.1 Å². The molecule has 6 nitrogen and oxygen atoms in total. The number of aromatic nitrogens is 2. The number of phenolic OH excluding ortho intramolecular Hbond substituents is 1. The fourth-order valence-electron chi connectivity index (χ4n) is 2.70. The van der Waals surface area contributed by atoms with Gasteiger partial charge >= 0.3 is 5.69 Å². The second kappa shape index (κ2) is 7.32. The van der Waals surface area contributed by atoms with Crippen LogP contribution in [0.4, 0.5) is 13.2 Å². The van der Waals surface area contributed by atoms with Crippen LogP contribution in [0.5, 0.6) is 17.2 Å². The number of phenols is 1. The highest BCUT2D eigenvalue weighted by Crippen LogP contribution is 2.36. The maximum absolute atomic E-state index is 14.5. The average Bonchev–Trinajstić information content (AvgIpc) is 2.62. The van der Waals surface area contributed by atoms with Gasteiger partial charge in [-0.1, -0.05) is 23.7 Å². The van der Waals surface area contributed by atoms with E-state index in [9.17, 15) is 27.9 Å². The van der Waals surface area contributed by atoms with Gasteiger partial charge in [0.2, 0.25) is 0 Å². The molecule has 0 spiro atoms. The van der Waals surface area contributed by atoms with Gasteiger partial charge in [-0.05, 0) is 18.2 Å². The first-order chi connectivity index (χ1) is 13.5. The summed E-state index contributed by atoms with van der Waals surface area (Å²) in [5, 5.41) is 9.62. The summed E-state index contributed by atoms with van der Waals surface area (Å²) < 4.78 is 48.2. The van der Waals surface area contributed by atoms with Gasteiger partial charge in [-0.25, -0.2) is 22.5 Å². The molecule has 1 heterocycles. The normalized spacial score (nSPS) is 11.5. The number of halogens is 4. The van der Waals surface area contributed by atoms with E-state index in [-0.39, 0.29) is 22.3 Å². The van der Waals surface area contributed by atoms with E-state index in [1.54, 1.807) is 12.1 Å². The van der Waals surface area contributed by atoms with Crippen molar-refractivity contribution in [2.75, 3.05) is 0 Å². The van der Waals surface area contributed by atoms with Gasteiger partial charge in [-0.2, -0.15) is 0 Å². The van der Waals surface area contributed by atoms with Gasteiger partial charge in [0.05, 0.1) is 16.4 Å². The standard InChI is InChI=1S/C19H14ClF3N2O4/c1-19(22,23)16-9-17(27)25(18(28)24(16)2)12-8-15(10(20)7-11(12)21)29-14-6-4-3-5-13(14)26/h3-9,26H,1-2H3. The summed E-state index contributed by atoms with van der Waals surface area (Å²) in [7, 11) is 1.04. The quantitative estimate of drug-likeness (QED) is 0.686. The van der Waals surface area contributed by atoms with Crippen molar-refractivity contribution in [3.05, 3.63) is 79.8 Å². The van der Waals surface area contributed by atoms with Gasteiger partial charge in [-0.15, -0.1) is 0 Å². The van der Waals surface area contributed by atoms with E-state index < -0.39 is 34.4 Å². The van der Waals surface area contributed by atoms with Crippen LogP contribution in [-0.2, 0) is 13.0 Å². The lowest BCUT2D eigenvalue weighted by atomic mass is 10.2. The smallest absolute Gasteiger partial charge is 0.335 e.